The number of nitrogens with one attached hydrogen (secondary N) is 1. The maximum Gasteiger partial charge on any atom is 0.146 e. The molecule has 1 atom stereocenters. The second-order valence-corrected chi connectivity index (χ2v) is 6.20. The van der Waals surface area contributed by atoms with E-state index in [1.807, 2.05) is 12.4 Å². The van der Waals surface area contributed by atoms with E-state index in [1.54, 1.807) is 0 Å². The van der Waals surface area contributed by atoms with Crippen LogP contribution in [-0.4, -0.2) is 54.6 Å². The highest BCUT2D eigenvalue weighted by Gasteiger charge is 2.21. The van der Waals surface area contributed by atoms with Gasteiger partial charge in [-0.25, -0.2) is 4.98 Å². The van der Waals surface area contributed by atoms with E-state index in [4.69, 9.17) is 0 Å². The minimum absolute atomic E-state index is 0.471. The van der Waals surface area contributed by atoms with Crippen LogP contribution in [0.5, 0.6) is 0 Å². The van der Waals surface area contributed by atoms with Crippen molar-refractivity contribution in [3.05, 3.63) is 18.1 Å². The normalized spacial score (nSPS) is 19.8. The number of rotatable bonds is 6. The second kappa shape index (κ2) is 6.99. The molecular weight excluding hydrogens is 250 g/mol. The van der Waals surface area contributed by atoms with Crippen molar-refractivity contribution in [2.75, 3.05) is 38.6 Å². The molecule has 0 spiro atoms. The lowest BCUT2D eigenvalue weighted by Crippen LogP contribution is -2.28. The minimum Gasteiger partial charge on any atom is -0.358 e. The lowest BCUT2D eigenvalue weighted by molar-refractivity contribution is 0.395. The molecule has 0 saturated carbocycles. The van der Waals surface area contributed by atoms with E-state index >= 15 is 0 Å². The number of likely N-dealkylation sites (tertiary alicyclic amines) is 1. The Morgan fingerprint density at radius 1 is 1.40 bits per heavy atom. The molecule has 2 heterocycles. The molecule has 0 radical (unpaired) electrons. The van der Waals surface area contributed by atoms with Gasteiger partial charge in [-0.1, -0.05) is 13.8 Å². The topological polar surface area (TPSA) is 44.3 Å². The lowest BCUT2D eigenvalue weighted by Gasteiger charge is -2.22. The molecule has 0 amide bonds. The quantitative estimate of drug-likeness (QED) is 0.850. The number of aromatic nitrogens is 2. The zero-order chi connectivity index (χ0) is 14.5. The van der Waals surface area contributed by atoms with Crippen molar-refractivity contribution >= 4 is 5.82 Å². The van der Waals surface area contributed by atoms with Crippen LogP contribution in [0.2, 0.25) is 0 Å². The van der Waals surface area contributed by atoms with Crippen molar-refractivity contribution in [2.45, 2.75) is 32.9 Å². The predicted molar refractivity (Wildman–Crippen MR) is 82.9 cm³/mol. The van der Waals surface area contributed by atoms with E-state index in [2.05, 4.69) is 53.0 Å². The molecule has 0 bridgehead atoms. The van der Waals surface area contributed by atoms with E-state index in [0.29, 0.717) is 6.04 Å². The average molecular weight is 277 g/mol. The number of hydrogen-bond acceptors (Lipinski definition) is 5. The van der Waals surface area contributed by atoms with Gasteiger partial charge in [0, 0.05) is 32.7 Å². The van der Waals surface area contributed by atoms with E-state index < -0.39 is 0 Å². The average Bonchev–Trinajstić information content (AvgIpc) is 2.82. The summed E-state index contributed by atoms with van der Waals surface area (Å²) in [5, 5.41) is 3.35. The fraction of sp³-hybridized carbons (Fsp3) is 0.733. The molecule has 5 nitrogen and oxygen atoms in total. The van der Waals surface area contributed by atoms with Crippen molar-refractivity contribution in [3.8, 4) is 0 Å². The van der Waals surface area contributed by atoms with Gasteiger partial charge in [-0.2, -0.15) is 0 Å². The van der Waals surface area contributed by atoms with Crippen molar-refractivity contribution in [3.63, 3.8) is 0 Å². The largest absolute Gasteiger partial charge is 0.358 e. The third-order valence-corrected chi connectivity index (χ3v) is 3.80. The van der Waals surface area contributed by atoms with E-state index in [0.717, 1.165) is 30.5 Å². The van der Waals surface area contributed by atoms with Gasteiger partial charge in [0.2, 0.25) is 0 Å². The monoisotopic (exact) mass is 277 g/mol. The molecule has 1 aromatic rings. The highest BCUT2D eigenvalue weighted by atomic mass is 15.2. The summed E-state index contributed by atoms with van der Waals surface area (Å²) in [6.07, 6.45) is 5.04. The molecule has 0 aromatic carbocycles. The summed E-state index contributed by atoms with van der Waals surface area (Å²) in [5.41, 5.74) is 0.997. The van der Waals surface area contributed by atoms with Gasteiger partial charge in [0.25, 0.3) is 0 Å². The molecule has 1 aromatic heterocycles. The number of hydrogen-bond donors (Lipinski definition) is 1. The van der Waals surface area contributed by atoms with Crippen LogP contribution in [-0.2, 0) is 6.54 Å². The van der Waals surface area contributed by atoms with Crippen LogP contribution in [0.4, 0.5) is 5.82 Å². The van der Waals surface area contributed by atoms with Crippen LogP contribution in [0.25, 0.3) is 0 Å². The summed E-state index contributed by atoms with van der Waals surface area (Å²) in [6, 6.07) is 0.471. The Labute approximate surface area is 122 Å². The third-order valence-electron chi connectivity index (χ3n) is 3.80. The molecule has 0 aliphatic carbocycles. The Kier molecular flexibility index (Phi) is 5.31. The first-order valence-corrected chi connectivity index (χ1v) is 7.48. The van der Waals surface area contributed by atoms with Gasteiger partial charge in [-0.05, 0) is 25.9 Å². The summed E-state index contributed by atoms with van der Waals surface area (Å²) < 4.78 is 0. The molecule has 1 saturated heterocycles. The van der Waals surface area contributed by atoms with Gasteiger partial charge in [0.1, 0.15) is 5.82 Å². The Morgan fingerprint density at radius 3 is 2.75 bits per heavy atom. The zero-order valence-electron chi connectivity index (χ0n) is 13.1. The predicted octanol–water partition coefficient (Wildman–Crippen LogP) is 1.36. The third kappa shape index (κ3) is 4.42. The van der Waals surface area contributed by atoms with Crippen LogP contribution >= 0.6 is 0 Å². The fourth-order valence-electron chi connectivity index (χ4n) is 2.60. The number of anilines is 1. The van der Waals surface area contributed by atoms with Gasteiger partial charge >= 0.3 is 0 Å². The smallest absolute Gasteiger partial charge is 0.146 e. The number of nitrogens with zero attached hydrogens (tertiary/aromatic N) is 4. The lowest BCUT2D eigenvalue weighted by atomic mass is 10.1. The van der Waals surface area contributed by atoms with Crippen LogP contribution < -0.4 is 10.2 Å². The van der Waals surface area contributed by atoms with Gasteiger partial charge in [0.05, 0.1) is 18.1 Å². The van der Waals surface area contributed by atoms with Gasteiger partial charge < -0.3 is 15.1 Å². The van der Waals surface area contributed by atoms with Crippen molar-refractivity contribution in [1.82, 2.24) is 20.2 Å². The van der Waals surface area contributed by atoms with Crippen molar-refractivity contribution in [1.29, 1.82) is 0 Å². The summed E-state index contributed by atoms with van der Waals surface area (Å²) in [7, 11) is 4.30. The van der Waals surface area contributed by atoms with E-state index in [9.17, 15) is 0 Å². The maximum absolute atomic E-state index is 4.53. The first-order valence-electron chi connectivity index (χ1n) is 7.48. The van der Waals surface area contributed by atoms with E-state index in [-0.39, 0.29) is 0 Å². The van der Waals surface area contributed by atoms with Gasteiger partial charge in [-0.3, -0.25) is 4.98 Å². The van der Waals surface area contributed by atoms with Crippen LogP contribution in [0.1, 0.15) is 26.0 Å². The molecule has 1 N–H and O–H groups in total. The van der Waals surface area contributed by atoms with Crippen LogP contribution in [0, 0.1) is 5.92 Å². The van der Waals surface area contributed by atoms with Crippen molar-refractivity contribution in [2.24, 2.45) is 5.92 Å². The van der Waals surface area contributed by atoms with Crippen LogP contribution in [0.3, 0.4) is 0 Å². The van der Waals surface area contributed by atoms with Crippen LogP contribution in [0.15, 0.2) is 12.4 Å². The minimum atomic E-state index is 0.471. The highest BCUT2D eigenvalue weighted by molar-refractivity contribution is 5.34. The molecular formula is C15H27N5. The summed E-state index contributed by atoms with van der Waals surface area (Å²) in [5.74, 6) is 1.71. The Hall–Kier alpha value is -1.20. The second-order valence-electron chi connectivity index (χ2n) is 6.20. The Bertz CT molecular complexity index is 403. The molecule has 112 valence electrons. The van der Waals surface area contributed by atoms with Gasteiger partial charge in [-0.15, -0.1) is 0 Å². The van der Waals surface area contributed by atoms with Crippen molar-refractivity contribution < 1.29 is 0 Å². The summed E-state index contributed by atoms with van der Waals surface area (Å²) in [4.78, 5) is 13.6. The molecule has 1 fully saturated rings. The fourth-order valence-corrected chi connectivity index (χ4v) is 2.60. The summed E-state index contributed by atoms with van der Waals surface area (Å²) >= 11 is 0. The molecule has 20 heavy (non-hydrogen) atoms. The summed E-state index contributed by atoms with van der Waals surface area (Å²) in [6.45, 7) is 8.51. The maximum atomic E-state index is 4.53. The molecule has 1 unspecified atom stereocenters. The molecule has 1 aliphatic rings. The SMILES string of the molecule is CC(C)NCc1cnc(N(C)CC2CCN(C)C2)cn1. The first kappa shape index (κ1) is 15.2. The zero-order valence-corrected chi connectivity index (χ0v) is 13.1. The van der Waals surface area contributed by atoms with E-state index in [1.165, 1.54) is 19.5 Å². The highest BCUT2D eigenvalue weighted by Crippen LogP contribution is 2.17. The Balaban J connectivity index is 1.85. The molecule has 2 rings (SSSR count). The Morgan fingerprint density at radius 2 is 2.20 bits per heavy atom. The molecule has 5 heteroatoms. The molecule has 1 aliphatic heterocycles. The standard InChI is InChI=1S/C15H27N5/c1-12(2)16-7-14-8-18-15(9-17-14)20(4)11-13-5-6-19(3)10-13/h8-9,12-13,16H,5-7,10-11H2,1-4H3. The van der Waals surface area contributed by atoms with Gasteiger partial charge in [0.15, 0.2) is 0 Å². The first-order chi connectivity index (χ1) is 9.54.